The molecule has 1 aliphatic rings. The topological polar surface area (TPSA) is 61.2 Å². The first kappa shape index (κ1) is 16.0. The summed E-state index contributed by atoms with van der Waals surface area (Å²) < 4.78 is 24.7. The molecule has 1 heterocycles. The molecule has 2 atom stereocenters. The standard InChI is InChI=1S/C16H22N2O2S/c1-13-7-8-18(14(2)11-13)9-10-21(19,20)16-5-3-15(12-17)4-6-16/h3-6,13-14H,7-11H2,1-2H3. The van der Waals surface area contributed by atoms with Gasteiger partial charge < -0.3 is 0 Å². The molecule has 2 rings (SSSR count). The Morgan fingerprint density at radius 2 is 1.95 bits per heavy atom. The van der Waals surface area contributed by atoms with Crippen molar-refractivity contribution in [2.45, 2.75) is 37.6 Å². The molecule has 1 fully saturated rings. The van der Waals surface area contributed by atoms with Gasteiger partial charge in [0.1, 0.15) is 0 Å². The van der Waals surface area contributed by atoms with Crippen LogP contribution in [-0.2, 0) is 9.84 Å². The quantitative estimate of drug-likeness (QED) is 0.857. The smallest absolute Gasteiger partial charge is 0.179 e. The average molecular weight is 306 g/mol. The monoisotopic (exact) mass is 306 g/mol. The van der Waals surface area contributed by atoms with E-state index < -0.39 is 9.84 Å². The Kier molecular flexibility index (Phi) is 5.02. The van der Waals surface area contributed by atoms with E-state index in [4.69, 9.17) is 5.26 Å². The Morgan fingerprint density at radius 3 is 2.52 bits per heavy atom. The first-order chi connectivity index (χ1) is 9.92. The van der Waals surface area contributed by atoms with Crippen LogP contribution in [0.5, 0.6) is 0 Å². The second-order valence-corrected chi connectivity index (χ2v) is 8.08. The van der Waals surface area contributed by atoms with Gasteiger partial charge in [-0.25, -0.2) is 8.42 Å². The number of hydrogen-bond acceptors (Lipinski definition) is 4. The second kappa shape index (κ2) is 6.59. The molecule has 0 radical (unpaired) electrons. The Hall–Kier alpha value is -1.38. The predicted molar refractivity (Wildman–Crippen MR) is 82.6 cm³/mol. The van der Waals surface area contributed by atoms with Crippen LogP contribution >= 0.6 is 0 Å². The van der Waals surface area contributed by atoms with Gasteiger partial charge in [0.25, 0.3) is 0 Å². The fraction of sp³-hybridized carbons (Fsp3) is 0.562. The maximum atomic E-state index is 12.3. The summed E-state index contributed by atoms with van der Waals surface area (Å²) >= 11 is 0. The average Bonchev–Trinajstić information content (AvgIpc) is 2.46. The fourth-order valence-electron chi connectivity index (χ4n) is 2.88. The van der Waals surface area contributed by atoms with Gasteiger partial charge in [-0.3, -0.25) is 4.90 Å². The van der Waals surface area contributed by atoms with Gasteiger partial charge in [-0.15, -0.1) is 0 Å². The third-order valence-electron chi connectivity index (χ3n) is 4.27. The number of nitrogens with zero attached hydrogens (tertiary/aromatic N) is 2. The molecule has 0 aliphatic carbocycles. The molecular formula is C16H22N2O2S. The lowest BCUT2D eigenvalue weighted by molar-refractivity contribution is 0.137. The molecule has 0 N–H and O–H groups in total. The molecule has 2 unspecified atom stereocenters. The maximum absolute atomic E-state index is 12.3. The predicted octanol–water partition coefficient (Wildman–Crippen LogP) is 2.45. The van der Waals surface area contributed by atoms with Crippen LogP contribution in [0.2, 0.25) is 0 Å². The first-order valence-electron chi connectivity index (χ1n) is 7.39. The minimum absolute atomic E-state index is 0.137. The molecule has 0 saturated carbocycles. The van der Waals surface area contributed by atoms with Crippen LogP contribution in [0.4, 0.5) is 0 Å². The molecule has 0 spiro atoms. The minimum atomic E-state index is -3.27. The van der Waals surface area contributed by atoms with Crippen LogP contribution in [0.1, 0.15) is 32.3 Å². The number of hydrogen-bond donors (Lipinski definition) is 0. The SMILES string of the molecule is CC1CCN(CCS(=O)(=O)c2ccc(C#N)cc2)C(C)C1. The second-order valence-electron chi connectivity index (χ2n) is 5.97. The van der Waals surface area contributed by atoms with E-state index in [1.165, 1.54) is 12.1 Å². The normalized spacial score (nSPS) is 23.7. The van der Waals surface area contributed by atoms with Gasteiger partial charge in [-0.2, -0.15) is 5.26 Å². The molecule has 114 valence electrons. The molecule has 4 nitrogen and oxygen atoms in total. The summed E-state index contributed by atoms with van der Waals surface area (Å²) in [5.41, 5.74) is 0.479. The van der Waals surface area contributed by atoms with Crippen molar-refractivity contribution in [3.05, 3.63) is 29.8 Å². The third-order valence-corrected chi connectivity index (χ3v) is 5.98. The lowest BCUT2D eigenvalue weighted by atomic mass is 9.93. The number of nitriles is 1. The number of sulfone groups is 1. The number of rotatable bonds is 4. The van der Waals surface area contributed by atoms with Crippen molar-refractivity contribution in [1.29, 1.82) is 5.26 Å². The van der Waals surface area contributed by atoms with E-state index in [9.17, 15) is 8.42 Å². The van der Waals surface area contributed by atoms with E-state index in [1.807, 2.05) is 6.07 Å². The lowest BCUT2D eigenvalue weighted by Gasteiger charge is -2.36. The summed E-state index contributed by atoms with van der Waals surface area (Å²) in [6, 6.07) is 8.60. The summed E-state index contributed by atoms with van der Waals surface area (Å²) in [5.74, 6) is 0.865. The molecule has 0 aromatic heterocycles. The van der Waals surface area contributed by atoms with Crippen LogP contribution in [0.15, 0.2) is 29.2 Å². The first-order valence-corrected chi connectivity index (χ1v) is 9.04. The molecule has 5 heteroatoms. The summed E-state index contributed by atoms with van der Waals surface area (Å²) in [4.78, 5) is 2.57. The number of piperidine rings is 1. The van der Waals surface area contributed by atoms with E-state index >= 15 is 0 Å². The Labute approximate surface area is 127 Å². The van der Waals surface area contributed by atoms with Gasteiger partial charge >= 0.3 is 0 Å². The van der Waals surface area contributed by atoms with Crippen molar-refractivity contribution >= 4 is 9.84 Å². The highest BCUT2D eigenvalue weighted by Crippen LogP contribution is 2.22. The van der Waals surface area contributed by atoms with Crippen molar-refractivity contribution in [2.24, 2.45) is 5.92 Å². The van der Waals surface area contributed by atoms with Crippen molar-refractivity contribution in [3.63, 3.8) is 0 Å². The molecule has 1 aromatic carbocycles. The summed E-state index contributed by atoms with van der Waals surface area (Å²) in [7, 11) is -3.27. The zero-order valence-corrected chi connectivity index (χ0v) is 13.4. The summed E-state index contributed by atoms with van der Waals surface area (Å²) in [6.07, 6.45) is 2.28. The van der Waals surface area contributed by atoms with Crippen LogP contribution in [0, 0.1) is 17.2 Å². The fourth-order valence-corrected chi connectivity index (χ4v) is 4.14. The van der Waals surface area contributed by atoms with Gasteiger partial charge in [0.05, 0.1) is 22.3 Å². The molecule has 1 saturated heterocycles. The number of benzene rings is 1. The summed E-state index contributed by atoms with van der Waals surface area (Å²) in [6.45, 7) is 5.98. The highest BCUT2D eigenvalue weighted by molar-refractivity contribution is 7.91. The van der Waals surface area contributed by atoms with Crippen molar-refractivity contribution in [3.8, 4) is 6.07 Å². The molecule has 21 heavy (non-hydrogen) atoms. The summed E-state index contributed by atoms with van der Waals surface area (Å²) in [5, 5.41) is 8.75. The minimum Gasteiger partial charge on any atom is -0.300 e. The van der Waals surface area contributed by atoms with Crippen molar-refractivity contribution in [2.75, 3.05) is 18.8 Å². The molecule has 1 aromatic rings. The van der Waals surface area contributed by atoms with Gasteiger partial charge in [0, 0.05) is 12.6 Å². The van der Waals surface area contributed by atoms with Gasteiger partial charge in [0.15, 0.2) is 9.84 Å². The van der Waals surface area contributed by atoms with Crippen molar-refractivity contribution in [1.82, 2.24) is 4.90 Å². The van der Waals surface area contributed by atoms with Gasteiger partial charge in [-0.1, -0.05) is 6.92 Å². The maximum Gasteiger partial charge on any atom is 0.179 e. The lowest BCUT2D eigenvalue weighted by Crippen LogP contribution is -2.42. The largest absolute Gasteiger partial charge is 0.300 e. The van der Waals surface area contributed by atoms with Crippen LogP contribution in [-0.4, -0.2) is 38.2 Å². The van der Waals surface area contributed by atoms with E-state index in [1.54, 1.807) is 12.1 Å². The Morgan fingerprint density at radius 1 is 1.29 bits per heavy atom. The van der Waals surface area contributed by atoms with E-state index in [0.29, 0.717) is 23.0 Å². The highest BCUT2D eigenvalue weighted by Gasteiger charge is 2.24. The molecular weight excluding hydrogens is 284 g/mol. The van der Waals surface area contributed by atoms with Crippen molar-refractivity contribution < 1.29 is 8.42 Å². The van der Waals surface area contributed by atoms with Crippen LogP contribution in [0.25, 0.3) is 0 Å². The van der Waals surface area contributed by atoms with Gasteiger partial charge in [-0.05, 0) is 56.5 Å². The van der Waals surface area contributed by atoms with Gasteiger partial charge in [0.2, 0.25) is 0 Å². The van der Waals surface area contributed by atoms with Crippen LogP contribution in [0.3, 0.4) is 0 Å². The van der Waals surface area contributed by atoms with Crippen LogP contribution < -0.4 is 0 Å². The number of likely N-dealkylation sites (tertiary alicyclic amines) is 1. The zero-order chi connectivity index (χ0) is 15.5. The van der Waals surface area contributed by atoms with E-state index in [0.717, 1.165) is 25.3 Å². The third kappa shape index (κ3) is 4.05. The molecule has 0 amide bonds. The highest BCUT2D eigenvalue weighted by atomic mass is 32.2. The molecule has 0 bridgehead atoms. The Balaban J connectivity index is 1.99. The zero-order valence-electron chi connectivity index (χ0n) is 12.6. The molecule has 1 aliphatic heterocycles. The Bertz CT molecular complexity index is 617. The van der Waals surface area contributed by atoms with E-state index in [-0.39, 0.29) is 5.75 Å². The van der Waals surface area contributed by atoms with E-state index in [2.05, 4.69) is 18.7 Å².